The Labute approximate surface area is 150 Å². The van der Waals surface area contributed by atoms with E-state index in [9.17, 15) is 20.4 Å². The monoisotopic (exact) mass is 346 g/mol. The fourth-order valence-corrected chi connectivity index (χ4v) is 6.99. The molecule has 9 atom stereocenters. The Balaban J connectivity index is 1.80. The van der Waals surface area contributed by atoms with E-state index >= 15 is 0 Å². The van der Waals surface area contributed by atoms with Crippen molar-refractivity contribution in [3.8, 4) is 12.3 Å². The van der Waals surface area contributed by atoms with Gasteiger partial charge >= 0.3 is 0 Å². The van der Waals surface area contributed by atoms with E-state index in [0.29, 0.717) is 19.3 Å². The highest BCUT2D eigenvalue weighted by Crippen LogP contribution is 2.66. The van der Waals surface area contributed by atoms with Gasteiger partial charge in [0.1, 0.15) is 5.60 Å². The van der Waals surface area contributed by atoms with Gasteiger partial charge in [0.25, 0.3) is 0 Å². The van der Waals surface area contributed by atoms with Gasteiger partial charge < -0.3 is 20.4 Å². The summed E-state index contributed by atoms with van der Waals surface area (Å²) in [5.41, 5.74) is -0.885. The van der Waals surface area contributed by atoms with E-state index in [0.717, 1.165) is 24.8 Å². The summed E-state index contributed by atoms with van der Waals surface area (Å²) >= 11 is 0. The third-order valence-electron chi connectivity index (χ3n) is 8.43. The Morgan fingerprint density at radius 2 is 1.88 bits per heavy atom. The van der Waals surface area contributed by atoms with Crippen molar-refractivity contribution in [1.82, 2.24) is 0 Å². The number of hydrogen-bond donors (Lipinski definition) is 4. The number of aliphatic hydroxyl groups is 4. The van der Waals surface area contributed by atoms with Crippen molar-refractivity contribution in [1.29, 1.82) is 0 Å². The van der Waals surface area contributed by atoms with Crippen LogP contribution < -0.4 is 0 Å². The summed E-state index contributed by atoms with van der Waals surface area (Å²) < 4.78 is 0. The molecule has 4 nitrogen and oxygen atoms in total. The van der Waals surface area contributed by atoms with Crippen molar-refractivity contribution >= 4 is 0 Å². The van der Waals surface area contributed by atoms with E-state index < -0.39 is 23.2 Å². The molecule has 0 aliphatic heterocycles. The van der Waals surface area contributed by atoms with Crippen molar-refractivity contribution in [2.24, 2.45) is 28.6 Å². The summed E-state index contributed by atoms with van der Waals surface area (Å²) in [6.07, 6.45) is 9.90. The molecule has 4 rings (SSSR count). The molecule has 0 saturated heterocycles. The molecule has 138 valence electrons. The number of rotatable bonds is 0. The maximum Gasteiger partial charge on any atom is 0.130 e. The van der Waals surface area contributed by atoms with Crippen LogP contribution in [-0.4, -0.2) is 44.3 Å². The molecule has 4 N–H and O–H groups in total. The lowest BCUT2D eigenvalue weighted by Gasteiger charge is -2.61. The van der Waals surface area contributed by atoms with Gasteiger partial charge in [-0.05, 0) is 61.7 Å². The van der Waals surface area contributed by atoms with Crippen molar-refractivity contribution in [2.75, 3.05) is 0 Å². The van der Waals surface area contributed by atoms with E-state index in [1.165, 1.54) is 0 Å². The molecule has 4 aliphatic rings. The first-order valence-corrected chi connectivity index (χ1v) is 9.62. The van der Waals surface area contributed by atoms with E-state index in [1.54, 1.807) is 0 Å². The van der Waals surface area contributed by atoms with Gasteiger partial charge in [-0.3, -0.25) is 0 Å². The summed E-state index contributed by atoms with van der Waals surface area (Å²) in [5, 5.41) is 43.2. The molecule has 0 bridgehead atoms. The van der Waals surface area contributed by atoms with Crippen LogP contribution in [0.1, 0.15) is 52.4 Å². The van der Waals surface area contributed by atoms with E-state index in [1.807, 2.05) is 13.0 Å². The van der Waals surface area contributed by atoms with Gasteiger partial charge in [-0.15, -0.1) is 6.42 Å². The molecule has 0 radical (unpaired) electrons. The van der Waals surface area contributed by atoms with E-state index in [2.05, 4.69) is 12.8 Å². The lowest BCUT2D eigenvalue weighted by Crippen LogP contribution is -2.62. The maximum absolute atomic E-state index is 11.2. The zero-order valence-electron chi connectivity index (χ0n) is 15.2. The smallest absolute Gasteiger partial charge is 0.130 e. The molecular formula is C21H30O4. The standard InChI is InChI=1S/C21H30O4/c1-4-21(25)8-6-14-17-15(23)10-12-9-13(22)5-7-19(12,2)18(17)16(24)11-20(14,21)3/h1,10,13-18,22-25H,5-9,11H2,2-3H3/t13-,14?,15-,16+,17+,18-,19-,20-,21?/m0/s1. The molecule has 0 aromatic carbocycles. The first kappa shape index (κ1) is 17.5. The van der Waals surface area contributed by atoms with Gasteiger partial charge in [-0.2, -0.15) is 0 Å². The van der Waals surface area contributed by atoms with Crippen molar-refractivity contribution in [3.63, 3.8) is 0 Å². The van der Waals surface area contributed by atoms with Crippen molar-refractivity contribution in [3.05, 3.63) is 11.6 Å². The first-order valence-electron chi connectivity index (χ1n) is 9.62. The topological polar surface area (TPSA) is 80.9 Å². The lowest BCUT2D eigenvalue weighted by atomic mass is 9.45. The summed E-state index contributed by atoms with van der Waals surface area (Å²) in [7, 11) is 0. The number of aliphatic hydroxyl groups excluding tert-OH is 3. The molecule has 0 spiro atoms. The molecule has 0 amide bonds. The molecule has 0 aromatic rings. The molecule has 3 fully saturated rings. The zero-order chi connectivity index (χ0) is 18.2. The van der Waals surface area contributed by atoms with Crippen LogP contribution in [-0.2, 0) is 0 Å². The maximum atomic E-state index is 11.2. The van der Waals surface area contributed by atoms with E-state index in [-0.39, 0.29) is 29.3 Å². The molecule has 2 unspecified atom stereocenters. The largest absolute Gasteiger partial charge is 0.393 e. The minimum atomic E-state index is -1.21. The molecule has 3 saturated carbocycles. The van der Waals surface area contributed by atoms with Crippen LogP contribution in [0.4, 0.5) is 0 Å². The van der Waals surface area contributed by atoms with Gasteiger partial charge in [0.05, 0.1) is 18.3 Å². The minimum Gasteiger partial charge on any atom is -0.393 e. The molecule has 0 aromatic heterocycles. The van der Waals surface area contributed by atoms with Crippen molar-refractivity contribution in [2.45, 2.75) is 76.3 Å². The molecule has 4 aliphatic carbocycles. The second kappa shape index (κ2) is 5.33. The summed E-state index contributed by atoms with van der Waals surface area (Å²) in [4.78, 5) is 0. The summed E-state index contributed by atoms with van der Waals surface area (Å²) in [5.74, 6) is 2.55. The third kappa shape index (κ3) is 2.10. The molecule has 25 heavy (non-hydrogen) atoms. The normalized spacial score (nSPS) is 57.7. The SMILES string of the molecule is C#CC1(O)CCC2[C@H]3[C@H]([C@H](O)C[C@@]21C)[C@@]1(C)CC[C@H](O)CC1=C[C@@H]3O. The predicted octanol–water partition coefficient (Wildman–Crippen LogP) is 1.62. The number of fused-ring (bicyclic) bond motifs is 5. The number of hydrogen-bond acceptors (Lipinski definition) is 4. The van der Waals surface area contributed by atoms with Crippen LogP contribution in [0.15, 0.2) is 11.6 Å². The Kier molecular flexibility index (Phi) is 3.74. The Bertz CT molecular complexity index is 651. The average Bonchev–Trinajstić information content (AvgIpc) is 2.81. The lowest BCUT2D eigenvalue weighted by molar-refractivity contribution is -0.172. The van der Waals surface area contributed by atoms with Crippen LogP contribution in [0.3, 0.4) is 0 Å². The van der Waals surface area contributed by atoms with Crippen LogP contribution in [0.25, 0.3) is 0 Å². The summed E-state index contributed by atoms with van der Waals surface area (Å²) in [6, 6.07) is 0. The number of terminal acetylenes is 1. The highest BCUT2D eigenvalue weighted by molar-refractivity contribution is 5.31. The fourth-order valence-electron chi connectivity index (χ4n) is 6.99. The molecule has 4 heteroatoms. The van der Waals surface area contributed by atoms with Crippen LogP contribution in [0.2, 0.25) is 0 Å². The van der Waals surface area contributed by atoms with Crippen LogP contribution in [0, 0.1) is 40.9 Å². The second-order valence-electron chi connectivity index (χ2n) is 9.44. The van der Waals surface area contributed by atoms with Crippen LogP contribution in [0.5, 0.6) is 0 Å². The zero-order valence-corrected chi connectivity index (χ0v) is 15.2. The quantitative estimate of drug-likeness (QED) is 0.397. The van der Waals surface area contributed by atoms with Gasteiger partial charge in [0, 0.05) is 5.41 Å². The summed E-state index contributed by atoms with van der Waals surface area (Å²) in [6.45, 7) is 4.17. The second-order valence-corrected chi connectivity index (χ2v) is 9.44. The van der Waals surface area contributed by atoms with Gasteiger partial charge in [0.15, 0.2) is 0 Å². The third-order valence-corrected chi connectivity index (χ3v) is 8.43. The first-order chi connectivity index (χ1) is 11.7. The van der Waals surface area contributed by atoms with Gasteiger partial charge in [-0.1, -0.05) is 31.4 Å². The Morgan fingerprint density at radius 1 is 1.16 bits per heavy atom. The highest BCUT2D eigenvalue weighted by atomic mass is 16.3. The van der Waals surface area contributed by atoms with Crippen molar-refractivity contribution < 1.29 is 20.4 Å². The molecular weight excluding hydrogens is 316 g/mol. The highest BCUT2D eigenvalue weighted by Gasteiger charge is 2.67. The predicted molar refractivity (Wildman–Crippen MR) is 94.3 cm³/mol. The van der Waals surface area contributed by atoms with Gasteiger partial charge in [0.2, 0.25) is 0 Å². The Morgan fingerprint density at radius 3 is 2.56 bits per heavy atom. The minimum absolute atomic E-state index is 0.0480. The Hall–Kier alpha value is -0.860. The van der Waals surface area contributed by atoms with E-state index in [4.69, 9.17) is 6.42 Å². The molecule has 0 heterocycles. The average molecular weight is 346 g/mol. The van der Waals surface area contributed by atoms with Crippen LogP contribution >= 0.6 is 0 Å². The fraction of sp³-hybridized carbons (Fsp3) is 0.810. The van der Waals surface area contributed by atoms with Gasteiger partial charge in [-0.25, -0.2) is 0 Å².